The van der Waals surface area contributed by atoms with E-state index in [1.807, 2.05) is 66.1 Å². The average Bonchev–Trinajstić information content (AvgIpc) is 2.96. The molecule has 0 fully saturated rings. The number of methoxy groups -OCH3 is 1. The van der Waals surface area contributed by atoms with Gasteiger partial charge in [-0.3, -0.25) is 4.79 Å². The van der Waals surface area contributed by atoms with Crippen molar-refractivity contribution < 1.29 is 24.2 Å². The number of aryl methyl sites for hydroxylation is 1. The number of rotatable bonds is 16. The molecule has 40 heavy (non-hydrogen) atoms. The lowest BCUT2D eigenvalue weighted by Crippen LogP contribution is -2.37. The van der Waals surface area contributed by atoms with Gasteiger partial charge in [0.2, 0.25) is 6.41 Å². The Morgan fingerprint density at radius 3 is 2.10 bits per heavy atom. The van der Waals surface area contributed by atoms with Crippen LogP contribution in [0.1, 0.15) is 87.1 Å². The van der Waals surface area contributed by atoms with Crippen molar-refractivity contribution in [2.45, 2.75) is 93.6 Å². The van der Waals surface area contributed by atoms with Gasteiger partial charge in [-0.15, -0.1) is 6.58 Å². The Labute approximate surface area is 245 Å². The van der Waals surface area contributed by atoms with Crippen LogP contribution in [0, 0.1) is 0 Å². The molecule has 0 saturated heterocycles. The van der Waals surface area contributed by atoms with Gasteiger partial charge in [-0.05, 0) is 71.1 Å². The highest BCUT2D eigenvalue weighted by molar-refractivity contribution is 5.76. The highest BCUT2D eigenvalue weighted by Crippen LogP contribution is 2.21. The molecule has 0 aliphatic carbocycles. The third-order valence-electron chi connectivity index (χ3n) is 5.39. The van der Waals surface area contributed by atoms with Crippen LogP contribution in [-0.4, -0.2) is 66.7 Å². The quantitative estimate of drug-likeness (QED) is 0.164. The van der Waals surface area contributed by atoms with Crippen molar-refractivity contribution in [3.8, 4) is 5.75 Å². The van der Waals surface area contributed by atoms with Crippen LogP contribution >= 0.6 is 0 Å². The zero-order valence-corrected chi connectivity index (χ0v) is 27.3. The van der Waals surface area contributed by atoms with Crippen molar-refractivity contribution in [3.63, 3.8) is 0 Å². The molecule has 7 heteroatoms. The van der Waals surface area contributed by atoms with Gasteiger partial charge in [-0.2, -0.15) is 0 Å². The maximum absolute atomic E-state index is 11.7. The normalized spacial score (nSPS) is 10.9. The van der Waals surface area contributed by atoms with Gasteiger partial charge in [0.25, 0.3) is 0 Å². The summed E-state index contributed by atoms with van der Waals surface area (Å²) in [6.45, 7) is 22.5. The molecule has 0 saturated carbocycles. The van der Waals surface area contributed by atoms with E-state index in [2.05, 4.69) is 31.4 Å². The molecule has 1 amide bonds. The first-order valence-corrected chi connectivity index (χ1v) is 14.4. The molecule has 0 radical (unpaired) electrons. The van der Waals surface area contributed by atoms with E-state index in [0.29, 0.717) is 18.9 Å². The number of allylic oxidation sites excluding steroid dienone is 3. The zero-order valence-electron chi connectivity index (χ0n) is 27.3. The highest BCUT2D eigenvalue weighted by Gasteiger charge is 2.29. The molecule has 7 nitrogen and oxygen atoms in total. The number of likely N-dealkylation sites (N-methyl/N-ethyl adjacent to an activating group) is 1. The topological polar surface area (TPSA) is 79.3 Å². The fourth-order valence-electron chi connectivity index (χ4n) is 3.06. The van der Waals surface area contributed by atoms with Gasteiger partial charge in [-0.1, -0.05) is 64.5 Å². The van der Waals surface area contributed by atoms with Gasteiger partial charge in [0.1, 0.15) is 5.75 Å². The number of carboxylic acid groups (broad SMARTS) is 1. The first-order valence-electron chi connectivity index (χ1n) is 14.4. The minimum absolute atomic E-state index is 0.474. The summed E-state index contributed by atoms with van der Waals surface area (Å²) in [4.78, 5) is 26.7. The van der Waals surface area contributed by atoms with E-state index in [0.717, 1.165) is 49.9 Å². The molecule has 0 aliphatic heterocycles. The molecule has 0 atom stereocenters. The van der Waals surface area contributed by atoms with Gasteiger partial charge in [0.05, 0.1) is 6.61 Å². The molecule has 230 valence electrons. The Morgan fingerprint density at radius 2 is 1.68 bits per heavy atom. The minimum Gasteiger partial charge on any atom is -0.478 e. The Morgan fingerprint density at radius 1 is 1.12 bits per heavy atom. The van der Waals surface area contributed by atoms with E-state index in [9.17, 15) is 14.7 Å². The van der Waals surface area contributed by atoms with Gasteiger partial charge in [0, 0.05) is 39.1 Å². The van der Waals surface area contributed by atoms with E-state index < -0.39 is 11.6 Å². The predicted octanol–water partition coefficient (Wildman–Crippen LogP) is 7.73. The third kappa shape index (κ3) is 19.9. The summed E-state index contributed by atoms with van der Waals surface area (Å²) in [5.41, 5.74) is 2.05. The molecule has 0 spiro atoms. The molecule has 0 aliphatic rings. The zero-order chi connectivity index (χ0) is 31.6. The number of ether oxygens (including phenoxy) is 2. The van der Waals surface area contributed by atoms with Crippen LogP contribution in [0.2, 0.25) is 0 Å². The molecule has 0 bridgehead atoms. The van der Waals surface area contributed by atoms with Crippen LogP contribution in [0.3, 0.4) is 0 Å². The second-order valence-electron chi connectivity index (χ2n) is 9.07. The van der Waals surface area contributed by atoms with E-state index in [-0.39, 0.29) is 0 Å². The number of nitrogens with zero attached hydrogens (tertiary/aromatic N) is 2. The number of hydrogen-bond acceptors (Lipinski definition) is 5. The van der Waals surface area contributed by atoms with Crippen molar-refractivity contribution in [2.24, 2.45) is 0 Å². The molecule has 0 heterocycles. The van der Waals surface area contributed by atoms with E-state index >= 15 is 0 Å². The van der Waals surface area contributed by atoms with Crippen LogP contribution < -0.4 is 4.74 Å². The fourth-order valence-corrected chi connectivity index (χ4v) is 3.06. The van der Waals surface area contributed by atoms with Crippen LogP contribution in [0.4, 0.5) is 0 Å². The molecule has 0 unspecified atom stereocenters. The number of carboxylic acids is 1. The standard InChI is InChI=1S/C25H38N2O5.C4H8.2C2H6/c1-7-20(2)17-26(5)18-22(27(19-28)15-16-31-6)10-8-9-21-11-13-23(14-12-21)32-25(3,4)24(29)30;1-3-4-2;2*1-2/h7,11-14,18-19H,8-10,15-17H2,1-6H3,(H,29,30);3H,1,4H2,2H3;2*1-2H3/b20-7+,22-18-;;;. The highest BCUT2D eigenvalue weighted by atomic mass is 16.5. The molecular formula is C33H58N2O5. The summed E-state index contributed by atoms with van der Waals surface area (Å²) in [7, 11) is 3.63. The SMILES string of the molecule is C/C=C(\C)CN(C)/C=C(/CCCc1ccc(OC(C)(C)C(=O)O)cc1)N(C=O)CCOC.C=CCC.CC.CC. The van der Waals surface area contributed by atoms with Gasteiger partial charge in [0.15, 0.2) is 5.60 Å². The predicted molar refractivity (Wildman–Crippen MR) is 170 cm³/mol. The molecular weight excluding hydrogens is 504 g/mol. The average molecular weight is 563 g/mol. The number of carbonyl (C=O) groups excluding carboxylic acids is 1. The lowest BCUT2D eigenvalue weighted by molar-refractivity contribution is -0.152. The number of aliphatic carboxylic acids is 1. The molecule has 1 rings (SSSR count). The molecule has 1 aromatic rings. The van der Waals surface area contributed by atoms with Gasteiger partial charge >= 0.3 is 5.97 Å². The molecule has 0 aromatic heterocycles. The van der Waals surface area contributed by atoms with Gasteiger partial charge in [-0.25, -0.2) is 4.79 Å². The van der Waals surface area contributed by atoms with Crippen molar-refractivity contribution in [1.82, 2.24) is 9.80 Å². The summed E-state index contributed by atoms with van der Waals surface area (Å²) in [6, 6.07) is 7.47. The largest absolute Gasteiger partial charge is 0.478 e. The van der Waals surface area contributed by atoms with Crippen LogP contribution in [0.25, 0.3) is 0 Å². The summed E-state index contributed by atoms with van der Waals surface area (Å²) < 4.78 is 10.7. The smallest absolute Gasteiger partial charge is 0.347 e. The van der Waals surface area contributed by atoms with Crippen molar-refractivity contribution >= 4 is 12.4 Å². The Bertz CT molecular complexity index is 845. The number of carbonyl (C=O) groups is 2. The Balaban J connectivity index is -0.00000153. The first-order chi connectivity index (χ1) is 19.0. The fraction of sp³-hybridized carbons (Fsp3) is 0.576. The van der Waals surface area contributed by atoms with E-state index in [1.165, 1.54) is 19.4 Å². The summed E-state index contributed by atoms with van der Waals surface area (Å²) in [5.74, 6) is -0.488. The second kappa shape index (κ2) is 26.2. The maximum atomic E-state index is 11.7. The third-order valence-corrected chi connectivity index (χ3v) is 5.39. The van der Waals surface area contributed by atoms with Crippen LogP contribution in [-0.2, 0) is 20.7 Å². The van der Waals surface area contributed by atoms with Gasteiger partial charge < -0.3 is 24.4 Å². The lowest BCUT2D eigenvalue weighted by Gasteiger charge is -2.24. The maximum Gasteiger partial charge on any atom is 0.347 e. The number of amides is 1. The number of hydrogen-bond donors (Lipinski definition) is 1. The lowest BCUT2D eigenvalue weighted by atomic mass is 10.1. The van der Waals surface area contributed by atoms with Crippen molar-refractivity contribution in [1.29, 1.82) is 0 Å². The Hall–Kier alpha value is -3.06. The minimum atomic E-state index is -1.28. The van der Waals surface area contributed by atoms with Crippen molar-refractivity contribution in [3.05, 3.63) is 66.0 Å². The molecule has 1 aromatic carbocycles. The van der Waals surface area contributed by atoms with Crippen LogP contribution in [0.15, 0.2) is 60.5 Å². The van der Waals surface area contributed by atoms with Crippen molar-refractivity contribution in [2.75, 3.05) is 33.9 Å². The summed E-state index contributed by atoms with van der Waals surface area (Å²) >= 11 is 0. The Kier molecular flexibility index (Phi) is 27.1. The number of benzene rings is 1. The molecule has 1 N–H and O–H groups in total. The monoisotopic (exact) mass is 562 g/mol. The van der Waals surface area contributed by atoms with E-state index in [4.69, 9.17) is 9.47 Å². The first kappa shape index (κ1) is 41.4. The second-order valence-corrected chi connectivity index (χ2v) is 9.07. The summed E-state index contributed by atoms with van der Waals surface area (Å²) in [5, 5.41) is 9.20. The summed E-state index contributed by atoms with van der Waals surface area (Å²) in [6.07, 6.45) is 10.4. The van der Waals surface area contributed by atoms with E-state index in [1.54, 1.807) is 24.1 Å². The van der Waals surface area contributed by atoms with Crippen LogP contribution in [0.5, 0.6) is 5.75 Å².